The van der Waals surface area contributed by atoms with E-state index in [4.69, 9.17) is 5.11 Å². The first-order valence-corrected chi connectivity index (χ1v) is 8.53. The Bertz CT molecular complexity index is 904. The van der Waals surface area contributed by atoms with E-state index < -0.39 is 5.97 Å². The van der Waals surface area contributed by atoms with Gasteiger partial charge in [0.25, 0.3) is 0 Å². The van der Waals surface area contributed by atoms with Crippen LogP contribution in [-0.4, -0.2) is 15.6 Å². The summed E-state index contributed by atoms with van der Waals surface area (Å²) in [5, 5.41) is 9.06. The van der Waals surface area contributed by atoms with Crippen molar-refractivity contribution in [3.63, 3.8) is 0 Å². The zero-order chi connectivity index (χ0) is 18.0. The zero-order valence-electron chi connectivity index (χ0n) is 14.9. The predicted molar refractivity (Wildman–Crippen MR) is 101 cm³/mol. The minimum absolute atomic E-state index is 0.127. The van der Waals surface area contributed by atoms with Crippen LogP contribution in [0.3, 0.4) is 0 Å². The second-order valence-corrected chi connectivity index (χ2v) is 6.57. The van der Waals surface area contributed by atoms with E-state index in [2.05, 4.69) is 73.9 Å². The second kappa shape index (κ2) is 6.98. The molecule has 0 saturated heterocycles. The SMILES string of the molecule is Cc1ccc(-c2ccc(CCC(=O)O)n2-c2ccc(C)c(C)c2)cc1. The third kappa shape index (κ3) is 3.66. The van der Waals surface area contributed by atoms with Crippen molar-refractivity contribution in [1.82, 2.24) is 4.57 Å². The maximum atomic E-state index is 11.0. The molecule has 0 atom stereocenters. The first-order chi connectivity index (χ1) is 12.0. The molecule has 1 heterocycles. The predicted octanol–water partition coefficient (Wildman–Crippen LogP) is 5.09. The topological polar surface area (TPSA) is 42.2 Å². The van der Waals surface area contributed by atoms with Gasteiger partial charge in [-0.25, -0.2) is 0 Å². The minimum Gasteiger partial charge on any atom is -0.481 e. The molecule has 3 nitrogen and oxygen atoms in total. The number of aliphatic carboxylic acids is 1. The van der Waals surface area contributed by atoms with Gasteiger partial charge in [-0.05, 0) is 68.1 Å². The van der Waals surface area contributed by atoms with Crippen LogP contribution in [0.5, 0.6) is 0 Å². The molecule has 0 saturated carbocycles. The lowest BCUT2D eigenvalue weighted by molar-refractivity contribution is -0.136. The third-order valence-electron chi connectivity index (χ3n) is 4.65. The second-order valence-electron chi connectivity index (χ2n) is 6.57. The fourth-order valence-corrected chi connectivity index (χ4v) is 3.03. The number of aryl methyl sites for hydroxylation is 4. The highest BCUT2D eigenvalue weighted by molar-refractivity contribution is 5.68. The van der Waals surface area contributed by atoms with Crippen molar-refractivity contribution in [3.05, 3.63) is 77.0 Å². The summed E-state index contributed by atoms with van der Waals surface area (Å²) in [4.78, 5) is 11.0. The van der Waals surface area contributed by atoms with Crippen LogP contribution in [0.2, 0.25) is 0 Å². The van der Waals surface area contributed by atoms with Crippen molar-refractivity contribution >= 4 is 5.97 Å². The summed E-state index contributed by atoms with van der Waals surface area (Å²) in [7, 11) is 0. The molecule has 3 rings (SSSR count). The average molecular weight is 333 g/mol. The Kier molecular flexibility index (Phi) is 4.75. The summed E-state index contributed by atoms with van der Waals surface area (Å²) in [5.41, 5.74) is 8.00. The molecule has 0 aliphatic carbocycles. The van der Waals surface area contributed by atoms with E-state index in [1.165, 1.54) is 16.7 Å². The molecule has 1 aromatic heterocycles. The number of carboxylic acid groups (broad SMARTS) is 1. The fourth-order valence-electron chi connectivity index (χ4n) is 3.03. The van der Waals surface area contributed by atoms with Gasteiger partial charge in [0.1, 0.15) is 0 Å². The number of rotatable bonds is 5. The summed E-state index contributed by atoms with van der Waals surface area (Å²) < 4.78 is 2.18. The quantitative estimate of drug-likeness (QED) is 0.707. The maximum Gasteiger partial charge on any atom is 0.303 e. The van der Waals surface area contributed by atoms with Crippen molar-refractivity contribution in [3.8, 4) is 16.9 Å². The zero-order valence-corrected chi connectivity index (χ0v) is 14.9. The largest absolute Gasteiger partial charge is 0.481 e. The molecule has 0 amide bonds. The summed E-state index contributed by atoms with van der Waals surface area (Å²) in [6.07, 6.45) is 0.635. The first kappa shape index (κ1) is 17.0. The molecule has 2 aromatic carbocycles. The van der Waals surface area contributed by atoms with Crippen molar-refractivity contribution in [2.75, 3.05) is 0 Å². The fraction of sp³-hybridized carbons (Fsp3) is 0.227. The first-order valence-electron chi connectivity index (χ1n) is 8.53. The van der Waals surface area contributed by atoms with Gasteiger partial charge in [-0.2, -0.15) is 0 Å². The van der Waals surface area contributed by atoms with E-state index in [0.29, 0.717) is 6.42 Å². The van der Waals surface area contributed by atoms with Gasteiger partial charge >= 0.3 is 5.97 Å². The van der Waals surface area contributed by atoms with E-state index in [-0.39, 0.29) is 6.42 Å². The van der Waals surface area contributed by atoms with Crippen LogP contribution in [-0.2, 0) is 11.2 Å². The highest BCUT2D eigenvalue weighted by Crippen LogP contribution is 2.28. The summed E-state index contributed by atoms with van der Waals surface area (Å²) in [6.45, 7) is 6.27. The van der Waals surface area contributed by atoms with Gasteiger partial charge in [0.15, 0.2) is 0 Å². The molecule has 0 aliphatic heterocycles. The van der Waals surface area contributed by atoms with Gasteiger partial charge in [0.05, 0.1) is 12.1 Å². The van der Waals surface area contributed by atoms with Crippen molar-refractivity contribution < 1.29 is 9.90 Å². The van der Waals surface area contributed by atoms with E-state index in [9.17, 15) is 4.79 Å². The van der Waals surface area contributed by atoms with Crippen LogP contribution in [0.15, 0.2) is 54.6 Å². The number of carboxylic acids is 1. The third-order valence-corrected chi connectivity index (χ3v) is 4.65. The number of nitrogens with zero attached hydrogens (tertiary/aromatic N) is 1. The minimum atomic E-state index is -0.773. The number of benzene rings is 2. The Morgan fingerprint density at radius 3 is 2.28 bits per heavy atom. The lowest BCUT2D eigenvalue weighted by atomic mass is 10.1. The number of carbonyl (C=O) groups is 1. The van der Waals surface area contributed by atoms with Crippen LogP contribution >= 0.6 is 0 Å². The Balaban J connectivity index is 2.13. The molecule has 3 heteroatoms. The van der Waals surface area contributed by atoms with Gasteiger partial charge in [-0.3, -0.25) is 4.79 Å². The van der Waals surface area contributed by atoms with Crippen LogP contribution in [0.4, 0.5) is 0 Å². The van der Waals surface area contributed by atoms with Crippen LogP contribution < -0.4 is 0 Å². The summed E-state index contributed by atoms with van der Waals surface area (Å²) in [6, 6.07) is 18.9. The molecule has 3 aromatic rings. The van der Waals surface area contributed by atoms with E-state index in [0.717, 1.165) is 22.6 Å². The molecule has 1 N–H and O–H groups in total. The number of hydrogen-bond acceptors (Lipinski definition) is 1. The molecule has 0 unspecified atom stereocenters. The van der Waals surface area contributed by atoms with Crippen molar-refractivity contribution in [2.24, 2.45) is 0 Å². The van der Waals surface area contributed by atoms with Gasteiger partial charge < -0.3 is 9.67 Å². The Morgan fingerprint density at radius 2 is 1.64 bits per heavy atom. The monoisotopic (exact) mass is 333 g/mol. The van der Waals surface area contributed by atoms with E-state index in [1.807, 2.05) is 6.07 Å². The van der Waals surface area contributed by atoms with Gasteiger partial charge in [-0.1, -0.05) is 35.9 Å². The van der Waals surface area contributed by atoms with Gasteiger partial charge in [0.2, 0.25) is 0 Å². The molecular weight excluding hydrogens is 310 g/mol. The van der Waals surface area contributed by atoms with Gasteiger partial charge in [0, 0.05) is 11.4 Å². The molecule has 0 radical (unpaired) electrons. The maximum absolute atomic E-state index is 11.0. The van der Waals surface area contributed by atoms with Crippen LogP contribution in [0.1, 0.15) is 28.8 Å². The highest BCUT2D eigenvalue weighted by atomic mass is 16.4. The normalized spacial score (nSPS) is 10.8. The number of aromatic nitrogens is 1. The van der Waals surface area contributed by atoms with Crippen molar-refractivity contribution in [2.45, 2.75) is 33.6 Å². The highest BCUT2D eigenvalue weighted by Gasteiger charge is 2.13. The molecule has 0 aliphatic rings. The van der Waals surface area contributed by atoms with Crippen LogP contribution in [0, 0.1) is 20.8 Å². The molecule has 128 valence electrons. The Hall–Kier alpha value is -2.81. The summed E-state index contributed by atoms with van der Waals surface area (Å²) >= 11 is 0. The van der Waals surface area contributed by atoms with Gasteiger partial charge in [-0.15, -0.1) is 0 Å². The lowest BCUT2D eigenvalue weighted by Crippen LogP contribution is -2.05. The van der Waals surface area contributed by atoms with E-state index in [1.54, 1.807) is 0 Å². The smallest absolute Gasteiger partial charge is 0.303 e. The molecule has 0 bridgehead atoms. The molecule has 0 fully saturated rings. The molecule has 0 spiro atoms. The average Bonchev–Trinajstić information content (AvgIpc) is 3.00. The Labute approximate surface area is 148 Å². The van der Waals surface area contributed by atoms with E-state index >= 15 is 0 Å². The Morgan fingerprint density at radius 1 is 0.920 bits per heavy atom. The standard InChI is InChI=1S/C22H23NO2/c1-15-4-7-18(8-5-15)21-12-10-19(11-13-22(24)25)23(21)20-9-6-16(2)17(3)14-20/h4-10,12,14H,11,13H2,1-3H3,(H,24,25). The van der Waals surface area contributed by atoms with Crippen LogP contribution in [0.25, 0.3) is 16.9 Å². The number of hydrogen-bond donors (Lipinski definition) is 1. The lowest BCUT2D eigenvalue weighted by Gasteiger charge is -2.15. The molecular formula is C22H23NO2. The molecule has 25 heavy (non-hydrogen) atoms. The summed E-state index contributed by atoms with van der Waals surface area (Å²) in [5.74, 6) is -0.773. The van der Waals surface area contributed by atoms with Crippen molar-refractivity contribution in [1.29, 1.82) is 0 Å².